The van der Waals surface area contributed by atoms with Crippen LogP contribution in [0.3, 0.4) is 0 Å². The molecule has 0 aromatic rings. The summed E-state index contributed by atoms with van der Waals surface area (Å²) in [4.78, 5) is 10.3. The number of unbranched alkanes of at least 4 members (excludes halogenated alkanes) is 14. The van der Waals surface area contributed by atoms with E-state index in [1.54, 1.807) is 0 Å². The average Bonchev–Trinajstić information content (AvgIpc) is 2.43. The number of rotatable bonds is 16. The third kappa shape index (κ3) is 25.5. The Morgan fingerprint density at radius 2 is 0.909 bits per heavy atom. The van der Waals surface area contributed by atoms with E-state index >= 15 is 0 Å². The molecule has 0 saturated heterocycles. The summed E-state index contributed by atoms with van der Waals surface area (Å²) in [7, 11) is 0. The van der Waals surface area contributed by atoms with Crippen molar-refractivity contribution in [3.05, 3.63) is 0 Å². The minimum Gasteiger partial charge on any atom is -0.481 e. The first-order chi connectivity index (χ1) is 9.77. The van der Waals surface area contributed by atoms with Crippen LogP contribution in [0.2, 0.25) is 0 Å². The Hall–Kier alpha value is 0.522. The van der Waals surface area contributed by atoms with Crippen LogP contribution < -0.4 is 0 Å². The molecule has 0 aliphatic heterocycles. The second-order valence-electron chi connectivity index (χ2n) is 6.09. The molecule has 0 amide bonds. The molecule has 0 unspecified atom stereocenters. The first kappa shape index (κ1) is 27.4. The number of hydrogen-bond donors (Lipinski definition) is 1. The Bertz CT molecular complexity index is 213. The van der Waals surface area contributed by atoms with Gasteiger partial charge in [-0.15, -0.1) is 0 Å². The van der Waals surface area contributed by atoms with Crippen LogP contribution in [0.1, 0.15) is 110 Å². The molecule has 0 saturated carbocycles. The average molecular weight is 400 g/mol. The summed E-state index contributed by atoms with van der Waals surface area (Å²) in [5.74, 6) is -0.653. The minimum atomic E-state index is -0.653. The topological polar surface area (TPSA) is 37.3 Å². The molecule has 1 radical (unpaired) electrons. The Morgan fingerprint density at radius 1 is 0.636 bits per heavy atom. The molecule has 4 heteroatoms. The molecule has 137 valence electrons. The van der Waals surface area contributed by atoms with Crippen molar-refractivity contribution in [2.24, 2.45) is 0 Å². The van der Waals surface area contributed by atoms with Crippen LogP contribution in [0.25, 0.3) is 0 Å². The zero-order chi connectivity index (χ0) is 14.9. The zero-order valence-corrected chi connectivity index (χ0v) is 16.6. The molecule has 0 fully saturated rings. The normalized spacial score (nSPS) is 9.86. The van der Waals surface area contributed by atoms with Crippen LogP contribution in [0.4, 0.5) is 0 Å². The quantitative estimate of drug-likeness (QED) is 0.243. The van der Waals surface area contributed by atoms with Gasteiger partial charge in [0, 0.05) is 40.9 Å². The fraction of sp³-hybridized carbons (Fsp3) is 0.944. The van der Waals surface area contributed by atoms with Crippen LogP contribution in [0.15, 0.2) is 0 Å². The van der Waals surface area contributed by atoms with Crippen LogP contribution in [0.5, 0.6) is 0 Å². The van der Waals surface area contributed by atoms with Gasteiger partial charge in [-0.1, -0.05) is 96.8 Å². The fourth-order valence-corrected chi connectivity index (χ4v) is 2.65. The largest absolute Gasteiger partial charge is 0.481 e. The molecular weight excluding hydrogens is 364 g/mol. The van der Waals surface area contributed by atoms with Crippen molar-refractivity contribution in [3.63, 3.8) is 0 Å². The van der Waals surface area contributed by atoms with E-state index in [1.165, 1.54) is 83.5 Å². The van der Waals surface area contributed by atoms with Gasteiger partial charge in [0.25, 0.3) is 0 Å². The fourth-order valence-electron chi connectivity index (χ4n) is 2.65. The molecule has 0 spiro atoms. The molecule has 0 aromatic carbocycles. The van der Waals surface area contributed by atoms with Gasteiger partial charge in [-0.3, -0.25) is 4.79 Å². The van der Waals surface area contributed by atoms with Gasteiger partial charge in [0.15, 0.2) is 0 Å². The summed E-state index contributed by atoms with van der Waals surface area (Å²) in [6, 6.07) is 0. The SMILES string of the molecule is CCCCCCCCCCCCCCCCCC(=O)O.[Cr].[Cu]. The molecule has 0 rings (SSSR count). The van der Waals surface area contributed by atoms with Crippen molar-refractivity contribution in [2.45, 2.75) is 110 Å². The van der Waals surface area contributed by atoms with Crippen LogP contribution >= 0.6 is 0 Å². The molecule has 0 heterocycles. The van der Waals surface area contributed by atoms with Gasteiger partial charge in [0.1, 0.15) is 0 Å². The first-order valence-electron chi connectivity index (χ1n) is 8.99. The van der Waals surface area contributed by atoms with E-state index < -0.39 is 5.97 Å². The molecule has 22 heavy (non-hydrogen) atoms. The summed E-state index contributed by atoms with van der Waals surface area (Å²) in [5, 5.41) is 8.52. The monoisotopic (exact) mass is 399 g/mol. The maximum absolute atomic E-state index is 10.3. The molecule has 0 bridgehead atoms. The van der Waals surface area contributed by atoms with Crippen molar-refractivity contribution >= 4 is 5.97 Å². The maximum atomic E-state index is 10.3. The molecule has 0 aromatic heterocycles. The van der Waals surface area contributed by atoms with Crippen LogP contribution in [-0.2, 0) is 39.2 Å². The Kier molecular flexibility index (Phi) is 29.6. The maximum Gasteiger partial charge on any atom is 0.303 e. The van der Waals surface area contributed by atoms with Crippen molar-refractivity contribution in [1.82, 2.24) is 0 Å². The van der Waals surface area contributed by atoms with Crippen molar-refractivity contribution in [1.29, 1.82) is 0 Å². The summed E-state index contributed by atoms with van der Waals surface area (Å²) in [6.07, 6.45) is 20.2. The van der Waals surface area contributed by atoms with Gasteiger partial charge >= 0.3 is 5.97 Å². The third-order valence-corrected chi connectivity index (χ3v) is 3.99. The Morgan fingerprint density at radius 3 is 1.18 bits per heavy atom. The Balaban J connectivity index is -0.00000180. The van der Waals surface area contributed by atoms with E-state index in [1.807, 2.05) is 0 Å². The van der Waals surface area contributed by atoms with Gasteiger partial charge < -0.3 is 5.11 Å². The van der Waals surface area contributed by atoms with Crippen molar-refractivity contribution in [3.8, 4) is 0 Å². The molecule has 0 aliphatic carbocycles. The smallest absolute Gasteiger partial charge is 0.303 e. The number of carboxylic acids is 1. The zero-order valence-electron chi connectivity index (χ0n) is 14.4. The molecular formula is C18H36CrCuO2. The van der Waals surface area contributed by atoms with E-state index in [0.29, 0.717) is 6.42 Å². The molecule has 0 atom stereocenters. The molecule has 2 nitrogen and oxygen atoms in total. The second-order valence-corrected chi connectivity index (χ2v) is 6.09. The molecule has 0 aliphatic rings. The third-order valence-electron chi connectivity index (χ3n) is 3.99. The van der Waals surface area contributed by atoms with E-state index in [-0.39, 0.29) is 34.4 Å². The summed E-state index contributed by atoms with van der Waals surface area (Å²) >= 11 is 0. The van der Waals surface area contributed by atoms with Crippen molar-refractivity contribution in [2.75, 3.05) is 0 Å². The van der Waals surface area contributed by atoms with E-state index in [9.17, 15) is 4.79 Å². The summed E-state index contributed by atoms with van der Waals surface area (Å²) < 4.78 is 0. The van der Waals surface area contributed by atoms with Gasteiger partial charge in [0.2, 0.25) is 0 Å². The first-order valence-corrected chi connectivity index (χ1v) is 8.99. The van der Waals surface area contributed by atoms with Gasteiger partial charge in [-0.05, 0) is 6.42 Å². The number of hydrogen-bond acceptors (Lipinski definition) is 1. The van der Waals surface area contributed by atoms with Crippen molar-refractivity contribution < 1.29 is 44.3 Å². The second kappa shape index (κ2) is 23.8. The van der Waals surface area contributed by atoms with Crippen LogP contribution in [0, 0.1) is 0 Å². The number of carboxylic acid groups (broad SMARTS) is 1. The van der Waals surface area contributed by atoms with Gasteiger partial charge in [-0.2, -0.15) is 0 Å². The summed E-state index contributed by atoms with van der Waals surface area (Å²) in [6.45, 7) is 2.27. The van der Waals surface area contributed by atoms with E-state index in [0.717, 1.165) is 12.8 Å². The number of carbonyl (C=O) groups is 1. The van der Waals surface area contributed by atoms with E-state index in [2.05, 4.69) is 6.92 Å². The Labute approximate surface area is 159 Å². The van der Waals surface area contributed by atoms with Gasteiger partial charge in [0.05, 0.1) is 0 Å². The number of aliphatic carboxylic acids is 1. The van der Waals surface area contributed by atoms with Crippen LogP contribution in [-0.4, -0.2) is 11.1 Å². The summed E-state index contributed by atoms with van der Waals surface area (Å²) in [5.41, 5.74) is 0. The predicted octanol–water partition coefficient (Wildman–Crippen LogP) is 6.33. The minimum absolute atomic E-state index is 0. The van der Waals surface area contributed by atoms with E-state index in [4.69, 9.17) is 5.11 Å². The molecule has 1 N–H and O–H groups in total. The van der Waals surface area contributed by atoms with Gasteiger partial charge in [-0.25, -0.2) is 0 Å². The predicted molar refractivity (Wildman–Crippen MR) is 87.2 cm³/mol. The standard InChI is InChI=1S/C18H36O2.Cr.Cu/c1-2-3-4-5-6-7-8-9-10-11-12-13-14-15-16-17-18(19)20;;/h2-17H2,1H3,(H,19,20);;.